The summed E-state index contributed by atoms with van der Waals surface area (Å²) in [6, 6.07) is 16.9. The summed E-state index contributed by atoms with van der Waals surface area (Å²) in [7, 11) is 0. The van der Waals surface area contributed by atoms with Gasteiger partial charge in [-0.05, 0) is 17.7 Å². The van der Waals surface area contributed by atoms with Crippen molar-refractivity contribution in [2.24, 2.45) is 0 Å². The molecule has 2 fully saturated rings. The van der Waals surface area contributed by atoms with Crippen molar-refractivity contribution < 1.29 is 14.3 Å². The quantitative estimate of drug-likeness (QED) is 0.723. The summed E-state index contributed by atoms with van der Waals surface area (Å²) in [5, 5.41) is 3.41. The number of anilines is 1. The average molecular weight is 457 g/mol. The first kappa shape index (κ1) is 22.7. The Morgan fingerprint density at radius 2 is 1.56 bits per heavy atom. The molecule has 170 valence electrons. The molecule has 2 aliphatic heterocycles. The van der Waals surface area contributed by atoms with Crippen molar-refractivity contribution >= 4 is 29.1 Å². The van der Waals surface area contributed by atoms with Crippen LogP contribution in [0, 0.1) is 0 Å². The molecule has 2 aromatic carbocycles. The third-order valence-corrected chi connectivity index (χ3v) is 6.29. The third kappa shape index (κ3) is 5.66. The minimum atomic E-state index is -0.312. The van der Waals surface area contributed by atoms with Crippen LogP contribution in [-0.2, 0) is 14.3 Å². The molecule has 2 saturated heterocycles. The average Bonchev–Trinajstić information content (AvgIpc) is 2.83. The van der Waals surface area contributed by atoms with E-state index in [1.807, 2.05) is 47.4 Å². The van der Waals surface area contributed by atoms with E-state index in [2.05, 4.69) is 15.1 Å². The Morgan fingerprint density at radius 1 is 0.906 bits per heavy atom. The first-order valence-electron chi connectivity index (χ1n) is 11.0. The molecule has 1 N–H and O–H groups in total. The molecule has 0 bridgehead atoms. The standard InChI is InChI=1S/C24H29ClN4O3/c25-20-8-4-5-9-21(20)26-22(30)18-27-10-12-28(13-11-27)23(19-6-2-1-3-7-19)24(31)29-14-16-32-17-15-29/h1-9,23H,10-18H2,(H,26,30)/t23-/m1/s1. The zero-order chi connectivity index (χ0) is 22.3. The largest absolute Gasteiger partial charge is 0.378 e. The molecule has 1 atom stereocenters. The maximum atomic E-state index is 13.4. The minimum Gasteiger partial charge on any atom is -0.378 e. The lowest BCUT2D eigenvalue weighted by molar-refractivity contribution is -0.142. The second-order valence-corrected chi connectivity index (χ2v) is 8.50. The van der Waals surface area contributed by atoms with Gasteiger partial charge in [-0.3, -0.25) is 19.4 Å². The Bertz CT molecular complexity index is 912. The van der Waals surface area contributed by atoms with E-state index in [0.717, 1.165) is 31.7 Å². The van der Waals surface area contributed by atoms with Crippen LogP contribution in [0.15, 0.2) is 54.6 Å². The number of benzene rings is 2. The number of morpholine rings is 1. The highest BCUT2D eigenvalue weighted by molar-refractivity contribution is 6.33. The van der Waals surface area contributed by atoms with Crippen molar-refractivity contribution in [3.05, 3.63) is 65.2 Å². The number of ether oxygens (including phenoxy) is 1. The van der Waals surface area contributed by atoms with Crippen LogP contribution in [-0.4, -0.2) is 85.5 Å². The first-order chi connectivity index (χ1) is 15.6. The Kier molecular flexibility index (Phi) is 7.76. The number of halogens is 1. The van der Waals surface area contributed by atoms with Crippen LogP contribution >= 0.6 is 11.6 Å². The summed E-state index contributed by atoms with van der Waals surface area (Å²) in [4.78, 5) is 32.2. The van der Waals surface area contributed by atoms with Crippen LogP contribution in [0.5, 0.6) is 0 Å². The van der Waals surface area contributed by atoms with Crippen LogP contribution in [0.4, 0.5) is 5.69 Å². The van der Waals surface area contributed by atoms with E-state index in [-0.39, 0.29) is 17.9 Å². The molecule has 0 radical (unpaired) electrons. The summed E-state index contributed by atoms with van der Waals surface area (Å²) in [6.45, 7) is 5.60. The van der Waals surface area contributed by atoms with Crippen molar-refractivity contribution in [1.29, 1.82) is 0 Å². The zero-order valence-electron chi connectivity index (χ0n) is 18.1. The number of rotatable bonds is 6. The highest BCUT2D eigenvalue weighted by Gasteiger charge is 2.34. The molecule has 0 unspecified atom stereocenters. The number of amides is 2. The summed E-state index contributed by atoms with van der Waals surface area (Å²) < 4.78 is 5.42. The smallest absolute Gasteiger partial charge is 0.244 e. The van der Waals surface area contributed by atoms with Crippen molar-refractivity contribution in [3.8, 4) is 0 Å². The van der Waals surface area contributed by atoms with Gasteiger partial charge in [0.15, 0.2) is 0 Å². The van der Waals surface area contributed by atoms with Gasteiger partial charge in [0.05, 0.1) is 30.5 Å². The maximum absolute atomic E-state index is 13.4. The lowest BCUT2D eigenvalue weighted by Crippen LogP contribution is -2.53. The fraction of sp³-hybridized carbons (Fsp3) is 0.417. The topological polar surface area (TPSA) is 65.1 Å². The number of para-hydroxylation sites is 1. The molecule has 0 aliphatic carbocycles. The Hall–Kier alpha value is -2.45. The predicted octanol–water partition coefficient (Wildman–Crippen LogP) is 2.50. The Labute approximate surface area is 193 Å². The van der Waals surface area contributed by atoms with Crippen LogP contribution in [0.1, 0.15) is 11.6 Å². The molecule has 4 rings (SSSR count). The van der Waals surface area contributed by atoms with Gasteiger partial charge in [-0.25, -0.2) is 0 Å². The van der Waals surface area contributed by atoms with Gasteiger partial charge in [-0.15, -0.1) is 0 Å². The van der Waals surface area contributed by atoms with Gasteiger partial charge in [-0.2, -0.15) is 0 Å². The second kappa shape index (κ2) is 10.9. The number of hydrogen-bond acceptors (Lipinski definition) is 5. The Balaban J connectivity index is 1.37. The molecule has 8 heteroatoms. The fourth-order valence-corrected chi connectivity index (χ4v) is 4.42. The van der Waals surface area contributed by atoms with Crippen molar-refractivity contribution in [2.75, 3.05) is 64.3 Å². The highest BCUT2D eigenvalue weighted by Crippen LogP contribution is 2.25. The zero-order valence-corrected chi connectivity index (χ0v) is 18.8. The number of carbonyl (C=O) groups excluding carboxylic acids is 2. The van der Waals surface area contributed by atoms with Gasteiger partial charge in [-0.1, -0.05) is 54.1 Å². The molecular formula is C24H29ClN4O3. The van der Waals surface area contributed by atoms with E-state index in [4.69, 9.17) is 16.3 Å². The molecule has 0 spiro atoms. The van der Waals surface area contributed by atoms with E-state index in [9.17, 15) is 9.59 Å². The molecule has 0 saturated carbocycles. The predicted molar refractivity (Wildman–Crippen MR) is 125 cm³/mol. The number of carbonyl (C=O) groups is 2. The summed E-state index contributed by atoms with van der Waals surface area (Å²) in [6.07, 6.45) is 0. The lowest BCUT2D eigenvalue weighted by Gasteiger charge is -2.40. The fourth-order valence-electron chi connectivity index (χ4n) is 4.24. The van der Waals surface area contributed by atoms with Crippen LogP contribution in [0.3, 0.4) is 0 Å². The molecule has 2 aliphatic rings. The number of nitrogens with one attached hydrogen (secondary N) is 1. The van der Waals surface area contributed by atoms with Gasteiger partial charge in [0.1, 0.15) is 6.04 Å². The van der Waals surface area contributed by atoms with Crippen LogP contribution in [0.25, 0.3) is 0 Å². The highest BCUT2D eigenvalue weighted by atomic mass is 35.5. The SMILES string of the molecule is O=C(CN1CCN([C@@H](C(=O)N2CCOCC2)c2ccccc2)CC1)Nc1ccccc1Cl. The minimum absolute atomic E-state index is 0.0875. The van der Waals surface area contributed by atoms with Gasteiger partial charge in [0.25, 0.3) is 0 Å². The van der Waals surface area contributed by atoms with Gasteiger partial charge in [0, 0.05) is 39.3 Å². The molecule has 2 amide bonds. The van der Waals surface area contributed by atoms with E-state index in [1.54, 1.807) is 12.1 Å². The van der Waals surface area contributed by atoms with Crippen molar-refractivity contribution in [1.82, 2.24) is 14.7 Å². The van der Waals surface area contributed by atoms with E-state index < -0.39 is 0 Å². The number of nitrogens with zero attached hydrogens (tertiary/aromatic N) is 3. The van der Waals surface area contributed by atoms with E-state index in [0.29, 0.717) is 43.6 Å². The molecule has 0 aromatic heterocycles. The molecule has 7 nitrogen and oxygen atoms in total. The van der Waals surface area contributed by atoms with Crippen molar-refractivity contribution in [3.63, 3.8) is 0 Å². The van der Waals surface area contributed by atoms with E-state index in [1.165, 1.54) is 0 Å². The Morgan fingerprint density at radius 3 is 2.25 bits per heavy atom. The maximum Gasteiger partial charge on any atom is 0.244 e. The van der Waals surface area contributed by atoms with Crippen molar-refractivity contribution in [2.45, 2.75) is 6.04 Å². The normalized spacial score (nSPS) is 18.8. The summed E-state index contributed by atoms with van der Waals surface area (Å²) >= 11 is 6.14. The molecular weight excluding hydrogens is 428 g/mol. The first-order valence-corrected chi connectivity index (χ1v) is 11.4. The lowest BCUT2D eigenvalue weighted by atomic mass is 10.0. The summed E-state index contributed by atoms with van der Waals surface area (Å²) in [5.74, 6) is 0.0416. The van der Waals surface area contributed by atoms with Crippen LogP contribution in [0.2, 0.25) is 5.02 Å². The van der Waals surface area contributed by atoms with Crippen LogP contribution < -0.4 is 5.32 Å². The van der Waals surface area contributed by atoms with Gasteiger partial charge < -0.3 is 15.0 Å². The molecule has 32 heavy (non-hydrogen) atoms. The number of piperazine rings is 1. The van der Waals surface area contributed by atoms with Gasteiger partial charge >= 0.3 is 0 Å². The molecule has 2 aromatic rings. The number of hydrogen-bond donors (Lipinski definition) is 1. The second-order valence-electron chi connectivity index (χ2n) is 8.09. The third-order valence-electron chi connectivity index (χ3n) is 5.96. The summed E-state index contributed by atoms with van der Waals surface area (Å²) in [5.41, 5.74) is 1.63. The molecule has 2 heterocycles. The van der Waals surface area contributed by atoms with Gasteiger partial charge in [0.2, 0.25) is 11.8 Å². The monoisotopic (exact) mass is 456 g/mol. The van der Waals surface area contributed by atoms with E-state index >= 15 is 0 Å².